The molecule has 0 spiro atoms. The summed E-state index contributed by atoms with van der Waals surface area (Å²) in [6.07, 6.45) is -0.258. The van der Waals surface area contributed by atoms with Crippen LogP contribution in [0.5, 0.6) is 5.75 Å². The van der Waals surface area contributed by atoms with Crippen molar-refractivity contribution in [1.29, 1.82) is 0 Å². The summed E-state index contributed by atoms with van der Waals surface area (Å²) in [5.74, 6) is 0.250. The predicted octanol–water partition coefficient (Wildman–Crippen LogP) is 4.77. The van der Waals surface area contributed by atoms with Crippen LogP contribution in [0.4, 0.5) is 4.79 Å². The molecule has 150 valence electrons. The third-order valence-electron chi connectivity index (χ3n) is 4.66. The van der Waals surface area contributed by atoms with E-state index >= 15 is 0 Å². The molecule has 0 radical (unpaired) electrons. The minimum atomic E-state index is -0.483. The first-order chi connectivity index (χ1) is 13.2. The van der Waals surface area contributed by atoms with Gasteiger partial charge in [0.1, 0.15) is 11.4 Å². The van der Waals surface area contributed by atoms with Crippen LogP contribution in [0.3, 0.4) is 0 Å². The average molecular weight is 403 g/mol. The van der Waals surface area contributed by atoms with Crippen molar-refractivity contribution in [3.63, 3.8) is 0 Å². The summed E-state index contributed by atoms with van der Waals surface area (Å²) < 4.78 is 5.46. The van der Waals surface area contributed by atoms with Gasteiger partial charge in [0.2, 0.25) is 0 Å². The molecule has 1 amide bonds. The maximum Gasteiger partial charge on any atom is 0.410 e. The Hall–Kier alpha value is -2.24. The van der Waals surface area contributed by atoms with Gasteiger partial charge in [0.05, 0.1) is 0 Å². The number of rotatable bonds is 3. The summed E-state index contributed by atoms with van der Waals surface area (Å²) in [6, 6.07) is 13.2. The SMILES string of the molecule is CC(C)(C)OC(=O)N1CCN(Cc2cc(O)ccc2-c2ccc(Cl)cc2)CC1. The first-order valence-corrected chi connectivity index (χ1v) is 9.87. The highest BCUT2D eigenvalue weighted by Gasteiger charge is 2.26. The Labute approximate surface area is 171 Å². The Kier molecular flexibility index (Phi) is 6.16. The van der Waals surface area contributed by atoms with Gasteiger partial charge >= 0.3 is 6.09 Å². The van der Waals surface area contributed by atoms with Crippen molar-refractivity contribution >= 4 is 17.7 Å². The number of carbonyl (C=O) groups excluding carboxylic acids is 1. The van der Waals surface area contributed by atoms with Gasteiger partial charge in [0.15, 0.2) is 0 Å². The van der Waals surface area contributed by atoms with Crippen LogP contribution in [0.15, 0.2) is 42.5 Å². The Balaban J connectivity index is 1.67. The van der Waals surface area contributed by atoms with E-state index in [0.717, 1.165) is 29.8 Å². The normalized spacial score (nSPS) is 15.5. The minimum absolute atomic E-state index is 0.250. The van der Waals surface area contributed by atoms with Crippen molar-refractivity contribution in [2.24, 2.45) is 0 Å². The molecule has 0 bridgehead atoms. The highest BCUT2D eigenvalue weighted by molar-refractivity contribution is 6.30. The molecule has 5 nitrogen and oxygen atoms in total. The summed E-state index contributed by atoms with van der Waals surface area (Å²) >= 11 is 6.01. The van der Waals surface area contributed by atoms with Gasteiger partial charge in [0.25, 0.3) is 0 Å². The quantitative estimate of drug-likeness (QED) is 0.803. The molecule has 0 saturated carbocycles. The van der Waals surface area contributed by atoms with E-state index < -0.39 is 5.60 Å². The Morgan fingerprint density at radius 3 is 2.32 bits per heavy atom. The van der Waals surface area contributed by atoms with Gasteiger partial charge in [-0.2, -0.15) is 0 Å². The van der Waals surface area contributed by atoms with Crippen molar-refractivity contribution in [3.8, 4) is 16.9 Å². The molecule has 2 aromatic rings. The van der Waals surface area contributed by atoms with E-state index in [9.17, 15) is 9.90 Å². The number of phenols is 1. The van der Waals surface area contributed by atoms with Crippen molar-refractivity contribution in [2.75, 3.05) is 26.2 Å². The third kappa shape index (κ3) is 5.40. The van der Waals surface area contributed by atoms with Gasteiger partial charge in [-0.15, -0.1) is 0 Å². The van der Waals surface area contributed by atoms with Crippen LogP contribution in [-0.4, -0.2) is 52.8 Å². The number of carbonyl (C=O) groups is 1. The molecule has 0 aliphatic carbocycles. The Morgan fingerprint density at radius 1 is 1.07 bits per heavy atom. The van der Waals surface area contributed by atoms with Crippen LogP contribution in [0.2, 0.25) is 5.02 Å². The molecule has 6 heteroatoms. The van der Waals surface area contributed by atoms with E-state index in [4.69, 9.17) is 16.3 Å². The van der Waals surface area contributed by atoms with E-state index in [1.54, 1.807) is 11.0 Å². The first kappa shape index (κ1) is 20.5. The fourth-order valence-corrected chi connectivity index (χ4v) is 3.40. The second kappa shape index (κ2) is 8.41. The van der Waals surface area contributed by atoms with Gasteiger partial charge in [0, 0.05) is 37.7 Å². The number of ether oxygens (including phenoxy) is 1. The van der Waals surface area contributed by atoms with Crippen LogP contribution in [0, 0.1) is 0 Å². The average Bonchev–Trinajstić information content (AvgIpc) is 2.62. The number of aromatic hydroxyl groups is 1. The van der Waals surface area contributed by atoms with E-state index in [1.165, 1.54) is 0 Å². The molecule has 1 fully saturated rings. The molecule has 28 heavy (non-hydrogen) atoms. The van der Waals surface area contributed by atoms with Crippen molar-refractivity contribution < 1.29 is 14.6 Å². The van der Waals surface area contributed by atoms with Crippen LogP contribution in [-0.2, 0) is 11.3 Å². The lowest BCUT2D eigenvalue weighted by Gasteiger charge is -2.35. The number of hydrogen-bond acceptors (Lipinski definition) is 4. The fourth-order valence-electron chi connectivity index (χ4n) is 3.28. The van der Waals surface area contributed by atoms with Gasteiger partial charge in [-0.25, -0.2) is 4.79 Å². The molecule has 3 rings (SSSR count). The molecule has 1 aliphatic heterocycles. The summed E-state index contributed by atoms with van der Waals surface area (Å²) in [7, 11) is 0. The molecule has 1 aliphatic rings. The van der Waals surface area contributed by atoms with Gasteiger partial charge in [-0.1, -0.05) is 29.8 Å². The number of piperazine rings is 1. The smallest absolute Gasteiger partial charge is 0.410 e. The summed E-state index contributed by atoms with van der Waals surface area (Å²) in [6.45, 7) is 9.11. The number of halogens is 1. The predicted molar refractivity (Wildman–Crippen MR) is 112 cm³/mol. The van der Waals surface area contributed by atoms with E-state index in [1.807, 2.05) is 57.2 Å². The lowest BCUT2D eigenvalue weighted by atomic mass is 9.99. The number of amides is 1. The standard InChI is InChI=1S/C22H27ClN2O3/c1-22(2,3)28-21(27)25-12-10-24(11-13-25)15-17-14-19(26)8-9-20(17)16-4-6-18(23)7-5-16/h4-9,14,26H,10-13,15H2,1-3H3. The molecule has 0 atom stereocenters. The molecular formula is C22H27ClN2O3. The number of nitrogens with zero attached hydrogens (tertiary/aromatic N) is 2. The van der Waals surface area contributed by atoms with Crippen LogP contribution >= 0.6 is 11.6 Å². The van der Waals surface area contributed by atoms with E-state index in [2.05, 4.69) is 4.90 Å². The van der Waals surface area contributed by atoms with Crippen LogP contribution in [0.25, 0.3) is 11.1 Å². The second-order valence-corrected chi connectivity index (χ2v) is 8.53. The third-order valence-corrected chi connectivity index (χ3v) is 4.91. The molecule has 1 saturated heterocycles. The fraction of sp³-hybridized carbons (Fsp3) is 0.409. The zero-order valence-electron chi connectivity index (χ0n) is 16.6. The number of hydrogen-bond donors (Lipinski definition) is 1. The van der Waals surface area contributed by atoms with Crippen LogP contribution in [0.1, 0.15) is 26.3 Å². The summed E-state index contributed by atoms with van der Waals surface area (Å²) in [5, 5.41) is 10.7. The van der Waals surface area contributed by atoms with E-state index in [-0.39, 0.29) is 11.8 Å². The van der Waals surface area contributed by atoms with Gasteiger partial charge in [-0.3, -0.25) is 4.90 Å². The van der Waals surface area contributed by atoms with Gasteiger partial charge < -0.3 is 14.7 Å². The lowest BCUT2D eigenvalue weighted by molar-refractivity contribution is 0.0139. The lowest BCUT2D eigenvalue weighted by Crippen LogP contribution is -2.49. The Morgan fingerprint density at radius 2 is 1.71 bits per heavy atom. The molecule has 0 unspecified atom stereocenters. The largest absolute Gasteiger partial charge is 0.508 e. The molecule has 1 heterocycles. The number of phenolic OH excluding ortho intramolecular Hbond substituents is 1. The molecule has 0 aromatic heterocycles. The van der Waals surface area contributed by atoms with Crippen molar-refractivity contribution in [3.05, 3.63) is 53.1 Å². The Bertz CT molecular complexity index is 823. The summed E-state index contributed by atoms with van der Waals surface area (Å²) in [5.41, 5.74) is 2.70. The zero-order valence-corrected chi connectivity index (χ0v) is 17.4. The highest BCUT2D eigenvalue weighted by Crippen LogP contribution is 2.29. The molecular weight excluding hydrogens is 376 g/mol. The monoisotopic (exact) mass is 402 g/mol. The van der Waals surface area contributed by atoms with Crippen molar-refractivity contribution in [2.45, 2.75) is 32.9 Å². The minimum Gasteiger partial charge on any atom is -0.508 e. The number of benzene rings is 2. The maximum atomic E-state index is 12.2. The highest BCUT2D eigenvalue weighted by atomic mass is 35.5. The summed E-state index contributed by atoms with van der Waals surface area (Å²) in [4.78, 5) is 16.3. The second-order valence-electron chi connectivity index (χ2n) is 8.09. The topological polar surface area (TPSA) is 53.0 Å². The molecule has 1 N–H and O–H groups in total. The van der Waals surface area contributed by atoms with Crippen molar-refractivity contribution in [1.82, 2.24) is 9.80 Å². The van der Waals surface area contributed by atoms with Crippen LogP contribution < -0.4 is 0 Å². The van der Waals surface area contributed by atoms with E-state index in [0.29, 0.717) is 24.7 Å². The maximum absolute atomic E-state index is 12.2. The molecule has 2 aromatic carbocycles. The zero-order chi connectivity index (χ0) is 20.3. The first-order valence-electron chi connectivity index (χ1n) is 9.49. The van der Waals surface area contributed by atoms with Gasteiger partial charge in [-0.05, 0) is 61.7 Å².